The molecule has 0 saturated carbocycles. The van der Waals surface area contributed by atoms with Crippen molar-refractivity contribution in [3.05, 3.63) is 23.5 Å². The molecule has 1 atom stereocenters. The van der Waals surface area contributed by atoms with E-state index in [0.717, 1.165) is 14.5 Å². The number of piperidine rings is 1. The van der Waals surface area contributed by atoms with Crippen LogP contribution in [0.2, 0.25) is 0 Å². The van der Waals surface area contributed by atoms with Gasteiger partial charge in [0.25, 0.3) is 0 Å². The first-order valence-electron chi connectivity index (χ1n) is 5.61. The van der Waals surface area contributed by atoms with Gasteiger partial charge in [-0.15, -0.1) is 0 Å². The molecule has 0 amide bonds. The highest BCUT2D eigenvalue weighted by Gasteiger charge is 2.17. The fourth-order valence-corrected chi connectivity index (χ4v) is 3.15. The lowest BCUT2D eigenvalue weighted by Gasteiger charge is -2.29. The Bertz CT molecular complexity index is 237. The number of hydrogen-bond acceptors (Lipinski definition) is 1. The maximum Gasteiger partial charge on any atom is -0.00190 e. The second-order valence-electron chi connectivity index (χ2n) is 4.52. The van der Waals surface area contributed by atoms with Gasteiger partial charge in [0.1, 0.15) is 0 Å². The lowest BCUT2D eigenvalue weighted by molar-refractivity contribution is 0.219. The lowest BCUT2D eigenvalue weighted by Crippen LogP contribution is -2.30. The average molecular weight is 209 g/mol. The van der Waals surface area contributed by atoms with E-state index in [1.807, 2.05) is 0 Å². The summed E-state index contributed by atoms with van der Waals surface area (Å²) in [5.74, 6) is 3.27. The highest BCUT2D eigenvalue weighted by molar-refractivity contribution is 7.42. The Balaban J connectivity index is 1.80. The Labute approximate surface area is 89.0 Å². The minimum Gasteiger partial charge on any atom is -0.306 e. The number of hydrogen-bond donors (Lipinski definition) is 0. The molecule has 0 spiro atoms. The van der Waals surface area contributed by atoms with E-state index in [0.29, 0.717) is 0 Å². The third kappa shape index (κ3) is 2.93. The van der Waals surface area contributed by atoms with E-state index in [9.17, 15) is 0 Å². The Morgan fingerprint density at radius 1 is 1.43 bits per heavy atom. The van der Waals surface area contributed by atoms with Gasteiger partial charge in [-0.25, -0.2) is 0 Å². The van der Waals surface area contributed by atoms with Crippen molar-refractivity contribution in [2.45, 2.75) is 19.3 Å². The second kappa shape index (κ2) is 5.09. The van der Waals surface area contributed by atoms with Gasteiger partial charge in [0.2, 0.25) is 0 Å². The highest BCUT2D eigenvalue weighted by atomic mass is 31.1. The number of nitrogens with zero attached hydrogens (tertiary/aromatic N) is 1. The molecule has 0 aliphatic carbocycles. The van der Waals surface area contributed by atoms with Crippen molar-refractivity contribution >= 4 is 8.58 Å². The molecule has 0 N–H and O–H groups in total. The summed E-state index contributed by atoms with van der Waals surface area (Å²) in [6, 6.07) is 0. The molecular formula is C12H20NP. The van der Waals surface area contributed by atoms with Gasteiger partial charge in [0.05, 0.1) is 0 Å². The maximum atomic E-state index is 2.45. The minimum atomic E-state index is 0.966. The van der Waals surface area contributed by atoms with Crippen molar-refractivity contribution in [3.8, 4) is 0 Å². The van der Waals surface area contributed by atoms with Crippen LogP contribution >= 0.6 is 8.58 Å². The first kappa shape index (κ1) is 10.4. The molecule has 2 heterocycles. The molecule has 1 nitrogen and oxygen atoms in total. The highest BCUT2D eigenvalue weighted by Crippen LogP contribution is 2.29. The van der Waals surface area contributed by atoms with Gasteiger partial charge in [0.15, 0.2) is 0 Å². The third-order valence-electron chi connectivity index (χ3n) is 3.26. The van der Waals surface area contributed by atoms with E-state index < -0.39 is 0 Å². The van der Waals surface area contributed by atoms with Gasteiger partial charge in [-0.3, -0.25) is 0 Å². The van der Waals surface area contributed by atoms with E-state index in [-0.39, 0.29) is 0 Å². The van der Waals surface area contributed by atoms with E-state index in [4.69, 9.17) is 0 Å². The van der Waals surface area contributed by atoms with E-state index in [2.05, 4.69) is 29.9 Å². The zero-order chi connectivity index (χ0) is 9.80. The molecule has 1 fully saturated rings. The summed E-state index contributed by atoms with van der Waals surface area (Å²) < 4.78 is 0. The monoisotopic (exact) mass is 209 g/mol. The van der Waals surface area contributed by atoms with Crippen molar-refractivity contribution in [1.29, 1.82) is 0 Å². The standard InChI is InChI=1S/C12H20NP/c1-13-6-4-11(5-7-13)9-12-3-2-8-14-10-12/h2-3,8,11,14H,4-7,9-10H2,1H3. The zero-order valence-electron chi connectivity index (χ0n) is 9.00. The third-order valence-corrected chi connectivity index (χ3v) is 4.35. The fourth-order valence-electron chi connectivity index (χ4n) is 2.28. The van der Waals surface area contributed by atoms with Crippen molar-refractivity contribution in [1.82, 2.24) is 4.90 Å². The minimum absolute atomic E-state index is 0.966. The predicted octanol–water partition coefficient (Wildman–Crippen LogP) is 2.85. The van der Waals surface area contributed by atoms with Gasteiger partial charge in [-0.1, -0.05) is 32.1 Å². The summed E-state index contributed by atoms with van der Waals surface area (Å²) in [7, 11) is 3.28. The van der Waals surface area contributed by atoms with Gasteiger partial charge < -0.3 is 4.90 Å². The summed E-state index contributed by atoms with van der Waals surface area (Å²) in [6.45, 7) is 2.60. The number of allylic oxidation sites excluding steroid dienone is 3. The number of likely N-dealkylation sites (tertiary alicyclic amines) is 1. The Morgan fingerprint density at radius 2 is 2.21 bits per heavy atom. The molecule has 14 heavy (non-hydrogen) atoms. The van der Waals surface area contributed by atoms with Crippen molar-refractivity contribution in [3.63, 3.8) is 0 Å². The molecule has 0 aromatic carbocycles. The van der Waals surface area contributed by atoms with Gasteiger partial charge in [-0.05, 0) is 51.5 Å². The molecule has 1 saturated heterocycles. The Kier molecular flexibility index (Phi) is 3.78. The molecule has 0 radical (unpaired) electrons. The zero-order valence-corrected chi connectivity index (χ0v) is 10.00. The summed E-state index contributed by atoms with van der Waals surface area (Å²) in [6.07, 6.45) is 10.1. The first-order chi connectivity index (χ1) is 6.84. The van der Waals surface area contributed by atoms with Crippen molar-refractivity contribution < 1.29 is 0 Å². The molecule has 1 unspecified atom stereocenters. The summed E-state index contributed by atoms with van der Waals surface area (Å²) in [4.78, 5) is 2.45. The molecule has 2 heteroatoms. The summed E-state index contributed by atoms with van der Waals surface area (Å²) in [5.41, 5.74) is 1.69. The van der Waals surface area contributed by atoms with Crippen LogP contribution in [-0.4, -0.2) is 31.2 Å². The van der Waals surface area contributed by atoms with Gasteiger partial charge >= 0.3 is 0 Å². The quantitative estimate of drug-likeness (QED) is 0.632. The van der Waals surface area contributed by atoms with Gasteiger partial charge in [-0.2, -0.15) is 0 Å². The fraction of sp³-hybridized carbons (Fsp3) is 0.667. The Morgan fingerprint density at radius 3 is 2.86 bits per heavy atom. The van der Waals surface area contributed by atoms with Crippen LogP contribution in [0, 0.1) is 5.92 Å². The van der Waals surface area contributed by atoms with Crippen LogP contribution in [0.5, 0.6) is 0 Å². The molecule has 2 rings (SSSR count). The van der Waals surface area contributed by atoms with Crippen LogP contribution in [0.25, 0.3) is 0 Å². The Hall–Kier alpha value is -0.130. The van der Waals surface area contributed by atoms with Gasteiger partial charge in [0, 0.05) is 0 Å². The van der Waals surface area contributed by atoms with E-state index in [1.54, 1.807) is 5.57 Å². The van der Waals surface area contributed by atoms with Crippen LogP contribution in [0.1, 0.15) is 19.3 Å². The van der Waals surface area contributed by atoms with Crippen LogP contribution in [0.3, 0.4) is 0 Å². The second-order valence-corrected chi connectivity index (χ2v) is 5.61. The normalized spacial score (nSPS) is 26.8. The van der Waals surface area contributed by atoms with Crippen molar-refractivity contribution in [2.24, 2.45) is 5.92 Å². The molecular weight excluding hydrogens is 189 g/mol. The predicted molar refractivity (Wildman–Crippen MR) is 65.2 cm³/mol. The van der Waals surface area contributed by atoms with E-state index >= 15 is 0 Å². The van der Waals surface area contributed by atoms with Crippen molar-refractivity contribution in [2.75, 3.05) is 26.3 Å². The average Bonchev–Trinajstić information content (AvgIpc) is 2.23. The van der Waals surface area contributed by atoms with Crippen LogP contribution in [0.4, 0.5) is 0 Å². The number of rotatable bonds is 2. The molecule has 2 aliphatic rings. The first-order valence-corrected chi connectivity index (χ1v) is 6.89. The largest absolute Gasteiger partial charge is 0.306 e. The van der Waals surface area contributed by atoms with E-state index in [1.165, 1.54) is 38.5 Å². The molecule has 0 aromatic heterocycles. The lowest BCUT2D eigenvalue weighted by atomic mass is 9.90. The smallest absolute Gasteiger partial charge is 0.00190 e. The molecule has 0 bridgehead atoms. The molecule has 78 valence electrons. The summed E-state index contributed by atoms with van der Waals surface area (Å²) in [5, 5.41) is 0. The topological polar surface area (TPSA) is 3.24 Å². The van der Waals surface area contributed by atoms with Crippen LogP contribution in [0.15, 0.2) is 23.5 Å². The molecule has 0 aromatic rings. The van der Waals surface area contributed by atoms with Crippen LogP contribution in [-0.2, 0) is 0 Å². The summed E-state index contributed by atoms with van der Waals surface area (Å²) >= 11 is 0. The maximum absolute atomic E-state index is 2.45. The van der Waals surface area contributed by atoms with Crippen LogP contribution < -0.4 is 0 Å². The SMILES string of the molecule is CN1CCC(CC2=CC=CPC2)CC1. The molecule has 2 aliphatic heterocycles.